The molecule has 3 aromatic heterocycles. The number of fused-ring (bicyclic) bond motifs is 6. The van der Waals surface area contributed by atoms with Crippen LogP contribution in [0.3, 0.4) is 0 Å². The first-order valence-corrected chi connectivity index (χ1v) is 14.9. The minimum atomic E-state index is 0.610. The molecule has 8 rings (SSSR count). The highest BCUT2D eigenvalue weighted by Crippen LogP contribution is 2.43. The van der Waals surface area contributed by atoms with Gasteiger partial charge in [0.25, 0.3) is 0 Å². The Bertz CT molecular complexity index is 2370. The standard InChI is InChI=1S/C40H30N4/c1-24-6-10-29-30-11-7-25(2)19-36(30)43(35(29)18-24)39-22-33(28-14-16-42-17-15-28)34(41-5)23-40(39)44-37-20-26(3)8-12-31(37)32-13-9-27(4)21-38(32)44/h6-23H,1-4H3. The monoisotopic (exact) mass is 566 g/mol. The Labute approximate surface area is 256 Å². The first-order chi connectivity index (χ1) is 21.4. The maximum atomic E-state index is 8.31. The minimum Gasteiger partial charge on any atom is -0.308 e. The van der Waals surface area contributed by atoms with Gasteiger partial charge in [-0.05, 0) is 110 Å². The van der Waals surface area contributed by atoms with E-state index in [1.165, 1.54) is 43.8 Å². The fraction of sp³-hybridized carbons (Fsp3) is 0.100. The van der Waals surface area contributed by atoms with E-state index in [4.69, 9.17) is 6.57 Å². The molecule has 3 heterocycles. The smallest absolute Gasteiger partial charge is 0.197 e. The average molecular weight is 567 g/mol. The third kappa shape index (κ3) is 3.87. The summed E-state index contributed by atoms with van der Waals surface area (Å²) in [5.74, 6) is 0. The lowest BCUT2D eigenvalue weighted by Crippen LogP contribution is -2.04. The largest absolute Gasteiger partial charge is 0.308 e. The summed E-state index contributed by atoms with van der Waals surface area (Å²) in [5.41, 5.74) is 13.8. The molecule has 44 heavy (non-hydrogen) atoms. The van der Waals surface area contributed by atoms with Crippen molar-refractivity contribution in [1.82, 2.24) is 14.1 Å². The Morgan fingerprint density at radius 2 is 0.886 bits per heavy atom. The lowest BCUT2D eigenvalue weighted by molar-refractivity contribution is 1.09. The third-order valence-electron chi connectivity index (χ3n) is 8.84. The lowest BCUT2D eigenvalue weighted by atomic mass is 10.0. The van der Waals surface area contributed by atoms with E-state index in [1.54, 1.807) is 12.4 Å². The molecule has 0 N–H and O–H groups in total. The quantitative estimate of drug-likeness (QED) is 0.195. The molecule has 8 aromatic rings. The topological polar surface area (TPSA) is 27.1 Å². The van der Waals surface area contributed by atoms with Gasteiger partial charge in [0.15, 0.2) is 5.69 Å². The molecule has 210 valence electrons. The van der Waals surface area contributed by atoms with Gasteiger partial charge in [-0.3, -0.25) is 4.98 Å². The number of hydrogen-bond donors (Lipinski definition) is 0. The fourth-order valence-electron chi connectivity index (χ4n) is 6.78. The first-order valence-electron chi connectivity index (χ1n) is 14.9. The molecule has 0 saturated carbocycles. The molecule has 0 fully saturated rings. The van der Waals surface area contributed by atoms with Gasteiger partial charge in [-0.2, -0.15) is 0 Å². The van der Waals surface area contributed by atoms with Gasteiger partial charge in [0, 0.05) is 33.9 Å². The van der Waals surface area contributed by atoms with Gasteiger partial charge in [0.1, 0.15) is 0 Å². The number of nitrogens with zero attached hydrogens (tertiary/aromatic N) is 4. The van der Waals surface area contributed by atoms with Crippen molar-refractivity contribution in [2.24, 2.45) is 0 Å². The highest BCUT2D eigenvalue weighted by Gasteiger charge is 2.22. The van der Waals surface area contributed by atoms with Gasteiger partial charge >= 0.3 is 0 Å². The van der Waals surface area contributed by atoms with Gasteiger partial charge in [-0.25, -0.2) is 4.85 Å². The number of benzene rings is 5. The maximum Gasteiger partial charge on any atom is 0.197 e. The Hall–Kier alpha value is -5.66. The molecule has 0 radical (unpaired) electrons. The number of pyridine rings is 1. The molecule has 4 nitrogen and oxygen atoms in total. The zero-order valence-corrected chi connectivity index (χ0v) is 25.2. The van der Waals surface area contributed by atoms with Crippen LogP contribution in [0, 0.1) is 34.3 Å². The second kappa shape index (κ2) is 9.69. The third-order valence-corrected chi connectivity index (χ3v) is 8.84. The van der Waals surface area contributed by atoms with Crippen molar-refractivity contribution in [2.75, 3.05) is 0 Å². The zero-order chi connectivity index (χ0) is 30.1. The molecule has 0 atom stereocenters. The van der Waals surface area contributed by atoms with Crippen LogP contribution in [0.25, 0.3) is 71.0 Å². The van der Waals surface area contributed by atoms with E-state index >= 15 is 0 Å². The SMILES string of the molecule is [C-]#[N+]c1cc(-n2c3cc(C)ccc3c3ccc(C)cc32)c(-n2c3cc(C)ccc3c3ccc(C)cc32)cc1-c1ccncc1. The molecule has 5 aromatic carbocycles. The van der Waals surface area contributed by atoms with Crippen LogP contribution >= 0.6 is 0 Å². The van der Waals surface area contributed by atoms with Crippen LogP contribution in [0.4, 0.5) is 5.69 Å². The lowest BCUT2D eigenvalue weighted by Gasteiger charge is -2.20. The summed E-state index contributed by atoms with van der Waals surface area (Å²) in [6.45, 7) is 16.9. The minimum absolute atomic E-state index is 0.610. The molecule has 0 saturated heterocycles. The Morgan fingerprint density at radius 1 is 0.500 bits per heavy atom. The molecule has 0 spiro atoms. The summed E-state index contributed by atoms with van der Waals surface area (Å²) in [5, 5.41) is 4.83. The van der Waals surface area contributed by atoms with Gasteiger partial charge in [0.2, 0.25) is 0 Å². The van der Waals surface area contributed by atoms with E-state index in [1.807, 2.05) is 12.1 Å². The van der Waals surface area contributed by atoms with E-state index in [9.17, 15) is 0 Å². The normalized spacial score (nSPS) is 11.6. The van der Waals surface area contributed by atoms with Gasteiger partial charge in [-0.1, -0.05) is 48.5 Å². The molecule has 4 heteroatoms. The van der Waals surface area contributed by atoms with Crippen molar-refractivity contribution in [3.63, 3.8) is 0 Å². The van der Waals surface area contributed by atoms with Crippen LogP contribution in [0.2, 0.25) is 0 Å². The molecule has 0 amide bonds. The summed E-state index contributed by atoms with van der Waals surface area (Å²) >= 11 is 0. The van der Waals surface area contributed by atoms with Gasteiger partial charge < -0.3 is 9.13 Å². The molecule has 0 unspecified atom stereocenters. The van der Waals surface area contributed by atoms with Crippen LogP contribution in [-0.4, -0.2) is 14.1 Å². The van der Waals surface area contributed by atoms with Crippen LogP contribution in [0.15, 0.2) is 109 Å². The molecule has 0 aliphatic carbocycles. The first kappa shape index (κ1) is 26.0. The van der Waals surface area contributed by atoms with Crippen molar-refractivity contribution in [3.05, 3.63) is 143 Å². The van der Waals surface area contributed by atoms with Crippen molar-refractivity contribution < 1.29 is 0 Å². The maximum absolute atomic E-state index is 8.31. The van der Waals surface area contributed by atoms with Gasteiger partial charge in [-0.15, -0.1) is 0 Å². The van der Waals surface area contributed by atoms with Crippen molar-refractivity contribution in [1.29, 1.82) is 0 Å². The fourth-order valence-corrected chi connectivity index (χ4v) is 6.78. The summed E-state index contributed by atoms with van der Waals surface area (Å²) in [6, 6.07) is 35.1. The zero-order valence-electron chi connectivity index (χ0n) is 25.2. The Kier molecular flexibility index (Phi) is 5.73. The van der Waals surface area contributed by atoms with E-state index in [-0.39, 0.29) is 0 Å². The summed E-state index contributed by atoms with van der Waals surface area (Å²) < 4.78 is 4.77. The number of aromatic nitrogens is 3. The van der Waals surface area contributed by atoms with Crippen molar-refractivity contribution in [2.45, 2.75) is 27.7 Å². The predicted octanol–water partition coefficient (Wildman–Crippen LogP) is 10.7. The van der Waals surface area contributed by atoms with Crippen LogP contribution in [0.1, 0.15) is 22.3 Å². The van der Waals surface area contributed by atoms with E-state index in [0.717, 1.165) is 44.6 Å². The summed E-state index contributed by atoms with van der Waals surface area (Å²) in [6.07, 6.45) is 3.59. The molecule has 0 bridgehead atoms. The number of rotatable bonds is 3. The second-order valence-electron chi connectivity index (χ2n) is 12.0. The van der Waals surface area contributed by atoms with E-state index < -0.39 is 0 Å². The van der Waals surface area contributed by atoms with Crippen molar-refractivity contribution in [3.8, 4) is 22.5 Å². The molecule has 0 aliphatic rings. The number of hydrogen-bond acceptors (Lipinski definition) is 1. The Morgan fingerprint density at radius 3 is 1.27 bits per heavy atom. The highest BCUT2D eigenvalue weighted by atomic mass is 15.1. The van der Waals surface area contributed by atoms with E-state index in [0.29, 0.717) is 5.69 Å². The summed E-state index contributed by atoms with van der Waals surface area (Å²) in [4.78, 5) is 8.35. The van der Waals surface area contributed by atoms with Crippen LogP contribution < -0.4 is 0 Å². The second-order valence-corrected chi connectivity index (χ2v) is 12.0. The average Bonchev–Trinajstić information content (AvgIpc) is 3.51. The van der Waals surface area contributed by atoms with E-state index in [2.05, 4.69) is 132 Å². The molecular formula is C40H30N4. The van der Waals surface area contributed by atoms with Gasteiger partial charge in [0.05, 0.1) is 40.0 Å². The van der Waals surface area contributed by atoms with Crippen molar-refractivity contribution >= 4 is 49.3 Å². The number of aryl methyl sites for hydroxylation is 4. The summed E-state index contributed by atoms with van der Waals surface area (Å²) in [7, 11) is 0. The Balaban J connectivity index is 1.61. The van der Waals surface area contributed by atoms with Crippen LogP contribution in [-0.2, 0) is 0 Å². The predicted molar refractivity (Wildman–Crippen MR) is 184 cm³/mol. The van der Waals surface area contributed by atoms with Crippen LogP contribution in [0.5, 0.6) is 0 Å². The molecule has 0 aliphatic heterocycles. The highest BCUT2D eigenvalue weighted by molar-refractivity contribution is 6.12. The molecular weight excluding hydrogens is 536 g/mol.